The van der Waals surface area contributed by atoms with Gasteiger partial charge in [-0.2, -0.15) is 0 Å². The first kappa shape index (κ1) is 23.5. The van der Waals surface area contributed by atoms with Crippen LogP contribution in [-0.2, 0) is 18.3 Å². The first-order chi connectivity index (χ1) is 17.4. The largest absolute Gasteiger partial charge is 0.495 e. The number of nitrogens with two attached hydrogens (primary N) is 1. The Balaban J connectivity index is 1.34. The number of benzene rings is 1. The molecule has 1 aromatic carbocycles. The first-order valence-electron chi connectivity index (χ1n) is 13.2. The summed E-state index contributed by atoms with van der Waals surface area (Å²) in [6, 6.07) is 5.78. The number of hydrogen-bond acceptors (Lipinski definition) is 5. The molecule has 3 heterocycles. The molecule has 2 aliphatic carbocycles. The highest BCUT2D eigenvalue weighted by molar-refractivity contribution is 5.87. The number of likely N-dealkylation sites (tertiary alicyclic amines) is 1. The number of rotatable bonds is 7. The zero-order valence-electron chi connectivity index (χ0n) is 21.4. The highest BCUT2D eigenvalue weighted by atomic mass is 19.1. The van der Waals surface area contributed by atoms with Gasteiger partial charge in [-0.3, -0.25) is 4.79 Å². The van der Waals surface area contributed by atoms with Gasteiger partial charge in [0.2, 0.25) is 5.91 Å². The number of carbonyl (C=O) groups is 1. The van der Waals surface area contributed by atoms with Gasteiger partial charge in [-0.1, -0.05) is 18.2 Å². The molecule has 2 N–H and O–H groups in total. The van der Waals surface area contributed by atoms with E-state index in [1.165, 1.54) is 31.0 Å². The van der Waals surface area contributed by atoms with E-state index in [4.69, 9.17) is 15.5 Å². The Labute approximate surface area is 211 Å². The zero-order valence-corrected chi connectivity index (χ0v) is 21.4. The maximum Gasteiger partial charge on any atom is 0.230 e. The van der Waals surface area contributed by atoms with Crippen molar-refractivity contribution in [3.63, 3.8) is 0 Å². The van der Waals surface area contributed by atoms with Gasteiger partial charge in [0.05, 0.1) is 41.5 Å². The number of piperidine rings is 1. The fraction of sp³-hybridized carbons (Fsp3) is 0.571. The monoisotopic (exact) mass is 493 g/mol. The lowest BCUT2D eigenvalue weighted by Crippen LogP contribution is -2.52. The summed E-state index contributed by atoms with van der Waals surface area (Å²) >= 11 is 0. The fourth-order valence-corrected chi connectivity index (χ4v) is 6.22. The normalized spacial score (nSPS) is 26.5. The number of para-hydroxylation sites is 1. The molecule has 1 saturated carbocycles. The molecule has 0 radical (unpaired) electrons. The molecular formula is C28H36FN5O2. The van der Waals surface area contributed by atoms with Crippen LogP contribution in [0.1, 0.15) is 43.6 Å². The second kappa shape index (κ2) is 8.91. The summed E-state index contributed by atoms with van der Waals surface area (Å²) in [6.45, 7) is 3.33. The Hall–Kier alpha value is -2.87. The predicted octanol–water partition coefficient (Wildman–Crippen LogP) is 1.67. The third-order valence-corrected chi connectivity index (χ3v) is 8.55. The zero-order chi connectivity index (χ0) is 25.1. The molecule has 36 heavy (non-hydrogen) atoms. The van der Waals surface area contributed by atoms with Gasteiger partial charge in [-0.25, -0.2) is 9.37 Å². The Morgan fingerprint density at radius 3 is 2.78 bits per heavy atom. The summed E-state index contributed by atoms with van der Waals surface area (Å²) in [5.41, 5.74) is 8.44. The standard InChI is InChI=1S/C28H36FN5O2/c1-16(29)21(30)15-33-10-9-18-11-23-22(13-20(18)28(33)35)31-27(32(23)2)24-12-19-5-4-6-25(36-3)26(19)34(24)14-17-7-8-17/h4-6,11,13,16-18,20-21,24H,7-10,12,14-15,30H2,1-3H3/t16-,18?,20?,21+,24-/m1/s1. The Morgan fingerprint density at radius 2 is 2.06 bits per heavy atom. The number of amides is 1. The molecule has 1 aromatic heterocycles. The molecular weight excluding hydrogens is 457 g/mol. The van der Waals surface area contributed by atoms with Crippen molar-refractivity contribution in [2.75, 3.05) is 31.6 Å². The van der Waals surface area contributed by atoms with Crippen molar-refractivity contribution in [1.82, 2.24) is 14.5 Å². The van der Waals surface area contributed by atoms with Gasteiger partial charge in [0.1, 0.15) is 17.7 Å². The van der Waals surface area contributed by atoms with E-state index < -0.39 is 12.2 Å². The van der Waals surface area contributed by atoms with Crippen LogP contribution in [0.3, 0.4) is 0 Å². The molecule has 192 valence electrons. The van der Waals surface area contributed by atoms with Crippen LogP contribution in [-0.4, -0.2) is 59.3 Å². The summed E-state index contributed by atoms with van der Waals surface area (Å²) in [4.78, 5) is 22.7. The summed E-state index contributed by atoms with van der Waals surface area (Å²) < 4.78 is 21.6. The van der Waals surface area contributed by atoms with Crippen molar-refractivity contribution < 1.29 is 13.9 Å². The molecule has 2 unspecified atom stereocenters. The maximum absolute atomic E-state index is 13.7. The van der Waals surface area contributed by atoms with Crippen molar-refractivity contribution in [3.8, 4) is 5.75 Å². The quantitative estimate of drug-likeness (QED) is 0.635. The molecule has 4 aliphatic rings. The summed E-state index contributed by atoms with van der Waals surface area (Å²) in [7, 11) is 3.84. The summed E-state index contributed by atoms with van der Waals surface area (Å²) in [6.07, 6.45) is 7.42. The Morgan fingerprint density at radius 1 is 1.25 bits per heavy atom. The number of fused-ring (bicyclic) bond motifs is 3. The summed E-state index contributed by atoms with van der Waals surface area (Å²) in [5, 5.41) is 1.97. The molecule has 0 spiro atoms. The van der Waals surface area contributed by atoms with Crippen LogP contribution in [0.15, 0.2) is 18.2 Å². The van der Waals surface area contributed by atoms with E-state index in [0.717, 1.165) is 47.6 Å². The number of anilines is 1. The number of alkyl halides is 1. The van der Waals surface area contributed by atoms with Crippen LogP contribution in [0.2, 0.25) is 0 Å². The molecule has 8 heteroatoms. The van der Waals surface area contributed by atoms with Crippen LogP contribution in [0, 0.1) is 17.8 Å². The molecule has 1 saturated heterocycles. The molecule has 2 fully saturated rings. The van der Waals surface area contributed by atoms with Crippen molar-refractivity contribution in [2.45, 2.75) is 50.9 Å². The van der Waals surface area contributed by atoms with Crippen molar-refractivity contribution >= 4 is 23.7 Å². The lowest BCUT2D eigenvalue weighted by Gasteiger charge is -2.37. The number of aromatic nitrogens is 2. The van der Waals surface area contributed by atoms with E-state index >= 15 is 0 Å². The van der Waals surface area contributed by atoms with Crippen molar-refractivity contribution in [3.05, 3.63) is 40.3 Å². The van der Waals surface area contributed by atoms with Gasteiger partial charge < -0.3 is 24.8 Å². The van der Waals surface area contributed by atoms with Gasteiger partial charge in [-0.05, 0) is 55.7 Å². The van der Waals surface area contributed by atoms with E-state index in [9.17, 15) is 9.18 Å². The number of nitrogens with zero attached hydrogens (tertiary/aromatic N) is 4. The topological polar surface area (TPSA) is 76.6 Å². The second-order valence-electron chi connectivity index (χ2n) is 11.0. The van der Waals surface area contributed by atoms with Crippen LogP contribution < -0.4 is 26.1 Å². The lowest BCUT2D eigenvalue weighted by molar-refractivity contribution is -0.137. The first-order valence-corrected chi connectivity index (χ1v) is 13.2. The molecule has 0 bridgehead atoms. The Kier molecular flexibility index (Phi) is 5.82. The molecule has 7 nitrogen and oxygen atoms in total. The third-order valence-electron chi connectivity index (χ3n) is 8.55. The smallest absolute Gasteiger partial charge is 0.230 e. The predicted molar refractivity (Wildman–Crippen MR) is 138 cm³/mol. The molecule has 5 atom stereocenters. The molecule has 6 rings (SSSR count). The fourth-order valence-electron chi connectivity index (χ4n) is 6.22. The average Bonchev–Trinajstić information content (AvgIpc) is 3.54. The van der Waals surface area contributed by atoms with E-state index in [2.05, 4.69) is 34.7 Å². The van der Waals surface area contributed by atoms with Gasteiger partial charge in [-0.15, -0.1) is 0 Å². The minimum Gasteiger partial charge on any atom is -0.495 e. The molecule has 2 aliphatic heterocycles. The van der Waals surface area contributed by atoms with Crippen LogP contribution >= 0.6 is 0 Å². The minimum absolute atomic E-state index is 0.0322. The van der Waals surface area contributed by atoms with Gasteiger partial charge in [0.15, 0.2) is 0 Å². The SMILES string of the molecule is COc1cccc2c1N(CC1CC1)[C@@H](c1nc3c(n1C)=CC1CCN(C[C@H](N)[C@@H](C)F)C(=O)C1C=3)C2. The van der Waals surface area contributed by atoms with Crippen LogP contribution in [0.5, 0.6) is 5.75 Å². The number of ether oxygens (including phenoxy) is 1. The van der Waals surface area contributed by atoms with Crippen molar-refractivity contribution in [1.29, 1.82) is 0 Å². The van der Waals surface area contributed by atoms with Crippen LogP contribution in [0.25, 0.3) is 12.2 Å². The highest BCUT2D eigenvalue weighted by Gasteiger charge is 2.40. The maximum atomic E-state index is 13.7. The highest BCUT2D eigenvalue weighted by Crippen LogP contribution is 2.47. The minimum atomic E-state index is -1.14. The van der Waals surface area contributed by atoms with E-state index in [1.807, 2.05) is 12.1 Å². The second-order valence-corrected chi connectivity index (χ2v) is 11.0. The lowest BCUT2D eigenvalue weighted by atomic mass is 9.82. The van der Waals surface area contributed by atoms with Gasteiger partial charge in [0.25, 0.3) is 0 Å². The van der Waals surface area contributed by atoms with Crippen LogP contribution in [0.4, 0.5) is 10.1 Å². The summed E-state index contributed by atoms with van der Waals surface area (Å²) in [5.74, 6) is 2.57. The molecule has 2 aromatic rings. The Bertz CT molecular complexity index is 1300. The molecule has 1 amide bonds. The number of hydrogen-bond donors (Lipinski definition) is 1. The third kappa shape index (κ3) is 3.90. The van der Waals surface area contributed by atoms with Crippen molar-refractivity contribution in [2.24, 2.45) is 30.5 Å². The van der Waals surface area contributed by atoms with E-state index in [1.54, 1.807) is 12.0 Å². The number of methoxy groups -OCH3 is 1. The average molecular weight is 494 g/mol. The number of carbonyl (C=O) groups excluding carboxylic acids is 1. The van der Waals surface area contributed by atoms with E-state index in [-0.39, 0.29) is 30.3 Å². The number of halogens is 1. The number of imidazole rings is 1. The van der Waals surface area contributed by atoms with Gasteiger partial charge >= 0.3 is 0 Å². The van der Waals surface area contributed by atoms with Gasteiger partial charge in [0, 0.05) is 33.1 Å². The van der Waals surface area contributed by atoms with E-state index in [0.29, 0.717) is 6.54 Å².